The average molecular weight is 438 g/mol. The maximum Gasteiger partial charge on any atom is 0.261 e. The van der Waals surface area contributed by atoms with Gasteiger partial charge in [0.15, 0.2) is 11.0 Å². The number of imidazole rings is 1. The lowest BCUT2D eigenvalue weighted by Gasteiger charge is -2.03. The van der Waals surface area contributed by atoms with Crippen LogP contribution < -0.4 is 10.6 Å². The van der Waals surface area contributed by atoms with E-state index < -0.39 is 0 Å². The number of thiazole rings is 1. The zero-order chi connectivity index (χ0) is 20.9. The van der Waals surface area contributed by atoms with Gasteiger partial charge in [-0.1, -0.05) is 47.7 Å². The summed E-state index contributed by atoms with van der Waals surface area (Å²) in [6.07, 6.45) is 3.77. The van der Waals surface area contributed by atoms with Crippen LogP contribution in [0.25, 0.3) is 22.0 Å². The molecule has 4 aromatic rings. The first-order valence-electron chi connectivity index (χ1n) is 9.27. The molecule has 0 bridgehead atoms. The van der Waals surface area contributed by atoms with Gasteiger partial charge in [-0.2, -0.15) is 0 Å². The smallest absolute Gasteiger partial charge is 0.261 e. The van der Waals surface area contributed by atoms with Gasteiger partial charge in [-0.25, -0.2) is 9.97 Å². The predicted octanol–water partition coefficient (Wildman–Crippen LogP) is 4.03. The number of thiophene rings is 1. The van der Waals surface area contributed by atoms with Crippen molar-refractivity contribution < 1.29 is 9.59 Å². The number of nitrogens with one attached hydrogen (secondary N) is 2. The van der Waals surface area contributed by atoms with Crippen molar-refractivity contribution in [2.45, 2.75) is 6.42 Å². The van der Waals surface area contributed by atoms with E-state index in [0.29, 0.717) is 10.0 Å². The van der Waals surface area contributed by atoms with E-state index in [-0.39, 0.29) is 24.8 Å². The molecule has 7 nitrogen and oxygen atoms in total. The van der Waals surface area contributed by atoms with Crippen molar-refractivity contribution in [3.05, 3.63) is 65.1 Å². The van der Waals surface area contributed by atoms with Crippen molar-refractivity contribution in [3.63, 3.8) is 0 Å². The van der Waals surface area contributed by atoms with Gasteiger partial charge >= 0.3 is 0 Å². The summed E-state index contributed by atoms with van der Waals surface area (Å²) >= 11 is 2.75. The first kappa shape index (κ1) is 20.0. The summed E-state index contributed by atoms with van der Waals surface area (Å²) in [6, 6.07) is 13.4. The fraction of sp³-hybridized carbons (Fsp3) is 0.143. The van der Waals surface area contributed by atoms with Crippen molar-refractivity contribution in [3.8, 4) is 22.0 Å². The highest BCUT2D eigenvalue weighted by molar-refractivity contribution is 7.19. The summed E-state index contributed by atoms with van der Waals surface area (Å²) in [5.41, 5.74) is 1.73. The quantitative estimate of drug-likeness (QED) is 0.457. The Hall–Kier alpha value is -3.30. The number of carbonyl (C=O) groups is 2. The van der Waals surface area contributed by atoms with Crippen LogP contribution in [0, 0.1) is 0 Å². The molecular weight excluding hydrogens is 418 g/mol. The molecule has 30 heavy (non-hydrogen) atoms. The average Bonchev–Trinajstić information content (AvgIpc) is 3.49. The molecule has 2 N–H and O–H groups in total. The monoisotopic (exact) mass is 437 g/mol. The number of amides is 2. The largest absolute Gasteiger partial charge is 0.351 e. The van der Waals surface area contributed by atoms with Crippen LogP contribution in [-0.2, 0) is 11.8 Å². The van der Waals surface area contributed by atoms with E-state index in [1.807, 2.05) is 59.6 Å². The van der Waals surface area contributed by atoms with Gasteiger partial charge in [-0.3, -0.25) is 9.59 Å². The predicted molar refractivity (Wildman–Crippen MR) is 120 cm³/mol. The van der Waals surface area contributed by atoms with E-state index in [2.05, 4.69) is 20.6 Å². The molecule has 2 amide bonds. The molecule has 3 heterocycles. The third-order valence-corrected chi connectivity index (χ3v) is 6.16. The van der Waals surface area contributed by atoms with Crippen molar-refractivity contribution in [1.29, 1.82) is 0 Å². The Morgan fingerprint density at radius 3 is 2.67 bits per heavy atom. The Bertz CT molecular complexity index is 1150. The Balaban J connectivity index is 1.46. The zero-order valence-electron chi connectivity index (χ0n) is 16.2. The molecule has 1 aromatic carbocycles. The molecule has 0 radical (unpaired) electrons. The lowest BCUT2D eigenvalue weighted by Crippen LogP contribution is -2.27. The number of hydrogen-bond donors (Lipinski definition) is 2. The fourth-order valence-corrected chi connectivity index (χ4v) is 4.55. The van der Waals surface area contributed by atoms with Crippen LogP contribution in [0.3, 0.4) is 0 Å². The molecule has 0 saturated carbocycles. The molecule has 0 aliphatic rings. The molecule has 0 aliphatic carbocycles. The van der Waals surface area contributed by atoms with Crippen molar-refractivity contribution in [2.75, 3.05) is 11.9 Å². The summed E-state index contributed by atoms with van der Waals surface area (Å²) < 4.78 is 1.92. The minimum atomic E-state index is -0.207. The number of hydrogen-bond acceptors (Lipinski definition) is 6. The number of aryl methyl sites for hydroxylation is 1. The van der Waals surface area contributed by atoms with Crippen molar-refractivity contribution >= 4 is 39.6 Å². The third-order valence-electron chi connectivity index (χ3n) is 4.33. The van der Waals surface area contributed by atoms with Crippen LogP contribution >= 0.6 is 22.7 Å². The molecule has 152 valence electrons. The van der Waals surface area contributed by atoms with Crippen LogP contribution in [0.4, 0.5) is 5.13 Å². The SMILES string of the molecule is Cn1ccnc1-c1sc(NC(=O)CCNC(=O)c2cccs2)nc1-c1ccccc1. The number of nitrogens with zero attached hydrogens (tertiary/aromatic N) is 3. The molecule has 0 unspecified atom stereocenters. The Labute approximate surface area is 181 Å². The van der Waals surface area contributed by atoms with Crippen LogP contribution in [0.2, 0.25) is 0 Å². The molecule has 9 heteroatoms. The standard InChI is InChI=1S/C21H19N5O2S2/c1-26-12-11-22-19(26)18-17(14-6-3-2-4-7-14)25-21(30-18)24-16(27)9-10-23-20(28)15-8-5-13-29-15/h2-8,11-13H,9-10H2,1H3,(H,23,28)(H,24,25,27). The molecule has 0 saturated heterocycles. The summed E-state index contributed by atoms with van der Waals surface area (Å²) in [7, 11) is 1.92. The van der Waals surface area contributed by atoms with E-state index in [0.717, 1.165) is 22.0 Å². The second-order valence-corrected chi connectivity index (χ2v) is 8.40. The van der Waals surface area contributed by atoms with Crippen LogP contribution in [0.1, 0.15) is 16.1 Å². The van der Waals surface area contributed by atoms with E-state index in [1.165, 1.54) is 22.7 Å². The molecular formula is C21H19N5O2S2. The van der Waals surface area contributed by atoms with E-state index in [1.54, 1.807) is 12.3 Å². The highest BCUT2D eigenvalue weighted by Crippen LogP contribution is 2.38. The van der Waals surface area contributed by atoms with Gasteiger partial charge in [-0.05, 0) is 11.4 Å². The van der Waals surface area contributed by atoms with E-state index in [4.69, 9.17) is 0 Å². The van der Waals surface area contributed by atoms with Gasteiger partial charge in [0.1, 0.15) is 0 Å². The van der Waals surface area contributed by atoms with Gasteiger partial charge in [0.2, 0.25) is 5.91 Å². The van der Waals surface area contributed by atoms with Crippen LogP contribution in [0.15, 0.2) is 60.2 Å². The molecule has 0 spiro atoms. The molecule has 0 fully saturated rings. The number of benzene rings is 1. The van der Waals surface area contributed by atoms with E-state index in [9.17, 15) is 9.59 Å². The number of anilines is 1. The maximum absolute atomic E-state index is 12.4. The molecule has 4 rings (SSSR count). The summed E-state index contributed by atoms with van der Waals surface area (Å²) in [5, 5.41) is 7.94. The highest BCUT2D eigenvalue weighted by atomic mass is 32.1. The highest BCUT2D eigenvalue weighted by Gasteiger charge is 2.19. The molecule has 0 atom stereocenters. The number of carbonyl (C=O) groups excluding carboxylic acids is 2. The third kappa shape index (κ3) is 4.47. The second-order valence-electron chi connectivity index (χ2n) is 6.46. The number of rotatable bonds is 7. The summed E-state index contributed by atoms with van der Waals surface area (Å²) in [5.74, 6) is 0.409. The first-order valence-corrected chi connectivity index (χ1v) is 11.0. The topological polar surface area (TPSA) is 88.9 Å². The Morgan fingerprint density at radius 2 is 1.97 bits per heavy atom. The van der Waals surface area contributed by atoms with Crippen LogP contribution in [-0.4, -0.2) is 32.9 Å². The van der Waals surface area contributed by atoms with Crippen molar-refractivity contribution in [1.82, 2.24) is 19.9 Å². The zero-order valence-corrected chi connectivity index (χ0v) is 17.8. The van der Waals surface area contributed by atoms with Gasteiger partial charge in [0.05, 0.1) is 15.4 Å². The molecule has 3 aromatic heterocycles. The second kappa shape index (κ2) is 9.02. The molecule has 0 aliphatic heterocycles. The maximum atomic E-state index is 12.4. The van der Waals surface area contributed by atoms with Gasteiger partial charge < -0.3 is 15.2 Å². The number of aromatic nitrogens is 3. The normalized spacial score (nSPS) is 10.7. The Morgan fingerprint density at radius 1 is 1.13 bits per heavy atom. The lowest BCUT2D eigenvalue weighted by molar-refractivity contribution is -0.116. The van der Waals surface area contributed by atoms with Gasteiger partial charge in [0.25, 0.3) is 5.91 Å². The minimum absolute atomic E-state index is 0.162. The van der Waals surface area contributed by atoms with Crippen molar-refractivity contribution in [2.24, 2.45) is 7.05 Å². The summed E-state index contributed by atoms with van der Waals surface area (Å²) in [4.78, 5) is 34.9. The van der Waals surface area contributed by atoms with E-state index >= 15 is 0 Å². The van der Waals surface area contributed by atoms with Gasteiger partial charge in [-0.15, -0.1) is 11.3 Å². The van der Waals surface area contributed by atoms with Gasteiger partial charge in [0, 0.05) is 38.0 Å². The first-order chi connectivity index (χ1) is 14.6. The van der Waals surface area contributed by atoms with Crippen LogP contribution in [0.5, 0.6) is 0 Å². The lowest BCUT2D eigenvalue weighted by atomic mass is 10.1. The minimum Gasteiger partial charge on any atom is -0.351 e. The Kier molecular flexibility index (Phi) is 6.01. The fourth-order valence-electron chi connectivity index (χ4n) is 2.87. The summed E-state index contributed by atoms with van der Waals surface area (Å²) in [6.45, 7) is 0.256.